The van der Waals surface area contributed by atoms with E-state index in [9.17, 15) is 9.59 Å². The number of aryl methyl sites for hydroxylation is 1. The van der Waals surface area contributed by atoms with Gasteiger partial charge in [-0.15, -0.1) is 0 Å². The van der Waals surface area contributed by atoms with Gasteiger partial charge < -0.3 is 20.7 Å². The monoisotopic (exact) mass is 417 g/mol. The van der Waals surface area contributed by atoms with Crippen LogP contribution in [0.5, 0.6) is 5.75 Å². The first-order valence-corrected chi connectivity index (χ1v) is 10.1. The van der Waals surface area contributed by atoms with E-state index in [0.29, 0.717) is 23.4 Å². The number of rotatable bonds is 7. The SMILES string of the molecule is COc1cccc(CC(C)NC(=O)Nc2cc(NC(=O)c3ccccc3)ccc2C)c1. The van der Waals surface area contributed by atoms with Crippen LogP contribution in [0, 0.1) is 6.92 Å². The van der Waals surface area contributed by atoms with Crippen molar-refractivity contribution in [2.45, 2.75) is 26.3 Å². The molecule has 0 aliphatic rings. The molecule has 0 fully saturated rings. The second-order valence-electron chi connectivity index (χ2n) is 7.41. The highest BCUT2D eigenvalue weighted by Crippen LogP contribution is 2.21. The maximum atomic E-state index is 12.5. The van der Waals surface area contributed by atoms with E-state index in [0.717, 1.165) is 16.9 Å². The zero-order valence-corrected chi connectivity index (χ0v) is 17.9. The molecule has 0 heterocycles. The van der Waals surface area contributed by atoms with Gasteiger partial charge in [-0.25, -0.2) is 4.79 Å². The quantitative estimate of drug-likeness (QED) is 0.506. The lowest BCUT2D eigenvalue weighted by Crippen LogP contribution is -2.37. The molecule has 0 aromatic heterocycles. The Hall–Kier alpha value is -3.80. The van der Waals surface area contributed by atoms with E-state index in [1.54, 1.807) is 25.3 Å². The van der Waals surface area contributed by atoms with Gasteiger partial charge >= 0.3 is 6.03 Å². The summed E-state index contributed by atoms with van der Waals surface area (Å²) >= 11 is 0. The molecule has 0 aliphatic carbocycles. The van der Waals surface area contributed by atoms with Crippen LogP contribution in [0.1, 0.15) is 28.4 Å². The average Bonchev–Trinajstić information content (AvgIpc) is 2.76. The molecule has 6 nitrogen and oxygen atoms in total. The summed E-state index contributed by atoms with van der Waals surface area (Å²) in [7, 11) is 1.63. The highest BCUT2D eigenvalue weighted by atomic mass is 16.5. The van der Waals surface area contributed by atoms with Crippen molar-refractivity contribution in [2.75, 3.05) is 17.7 Å². The third-order valence-corrected chi connectivity index (χ3v) is 4.83. The fourth-order valence-electron chi connectivity index (χ4n) is 3.21. The fraction of sp³-hybridized carbons (Fsp3) is 0.200. The summed E-state index contributed by atoms with van der Waals surface area (Å²) in [6.45, 7) is 3.85. The molecule has 6 heteroatoms. The normalized spacial score (nSPS) is 11.3. The Kier molecular flexibility index (Phi) is 7.27. The molecule has 3 aromatic carbocycles. The van der Waals surface area contributed by atoms with Crippen LogP contribution in [0.4, 0.5) is 16.2 Å². The molecule has 3 amide bonds. The Balaban J connectivity index is 1.60. The molecule has 0 spiro atoms. The van der Waals surface area contributed by atoms with Gasteiger partial charge in [0.1, 0.15) is 5.75 Å². The minimum Gasteiger partial charge on any atom is -0.497 e. The van der Waals surface area contributed by atoms with Crippen LogP contribution in [0.25, 0.3) is 0 Å². The summed E-state index contributed by atoms with van der Waals surface area (Å²) in [6, 6.07) is 21.8. The lowest BCUT2D eigenvalue weighted by atomic mass is 10.1. The number of benzene rings is 3. The molecular weight excluding hydrogens is 390 g/mol. The van der Waals surface area contributed by atoms with E-state index in [4.69, 9.17) is 4.74 Å². The van der Waals surface area contributed by atoms with Gasteiger partial charge in [-0.2, -0.15) is 0 Å². The summed E-state index contributed by atoms with van der Waals surface area (Å²) in [5.74, 6) is 0.589. The molecule has 3 N–H and O–H groups in total. The third kappa shape index (κ3) is 6.34. The van der Waals surface area contributed by atoms with Crippen molar-refractivity contribution in [1.29, 1.82) is 0 Å². The number of methoxy groups -OCH3 is 1. The largest absolute Gasteiger partial charge is 0.497 e. The van der Waals surface area contributed by atoms with E-state index in [-0.39, 0.29) is 18.0 Å². The second kappa shape index (κ2) is 10.3. The summed E-state index contributed by atoms with van der Waals surface area (Å²) in [6.07, 6.45) is 0.677. The van der Waals surface area contributed by atoms with Gasteiger partial charge in [0.05, 0.1) is 7.11 Å². The predicted molar refractivity (Wildman–Crippen MR) is 124 cm³/mol. The summed E-state index contributed by atoms with van der Waals surface area (Å²) in [5.41, 5.74) is 3.79. The lowest BCUT2D eigenvalue weighted by Gasteiger charge is -2.17. The van der Waals surface area contributed by atoms with Crippen molar-refractivity contribution in [3.8, 4) is 5.75 Å². The first-order valence-electron chi connectivity index (χ1n) is 10.1. The third-order valence-electron chi connectivity index (χ3n) is 4.83. The van der Waals surface area contributed by atoms with E-state index < -0.39 is 0 Å². The van der Waals surface area contributed by atoms with E-state index >= 15 is 0 Å². The van der Waals surface area contributed by atoms with Crippen molar-refractivity contribution in [1.82, 2.24) is 5.32 Å². The van der Waals surface area contributed by atoms with Gasteiger partial charge in [0.15, 0.2) is 0 Å². The first-order chi connectivity index (χ1) is 14.9. The number of anilines is 2. The predicted octanol–water partition coefficient (Wildman–Crippen LogP) is 5.01. The van der Waals surface area contributed by atoms with Gasteiger partial charge in [0.25, 0.3) is 5.91 Å². The van der Waals surface area contributed by atoms with Gasteiger partial charge in [0, 0.05) is 23.0 Å². The Morgan fingerprint density at radius 3 is 2.45 bits per heavy atom. The van der Waals surface area contributed by atoms with Crippen LogP contribution in [-0.2, 0) is 6.42 Å². The van der Waals surface area contributed by atoms with Crippen LogP contribution in [0.2, 0.25) is 0 Å². The van der Waals surface area contributed by atoms with Crippen molar-refractivity contribution < 1.29 is 14.3 Å². The zero-order valence-electron chi connectivity index (χ0n) is 17.9. The Bertz CT molecular complexity index is 1050. The fourth-order valence-corrected chi connectivity index (χ4v) is 3.21. The molecular formula is C25H27N3O3. The number of carbonyl (C=O) groups is 2. The number of ether oxygens (including phenoxy) is 1. The summed E-state index contributed by atoms with van der Waals surface area (Å²) < 4.78 is 5.25. The van der Waals surface area contributed by atoms with E-state index in [2.05, 4.69) is 16.0 Å². The maximum absolute atomic E-state index is 12.5. The first kappa shape index (κ1) is 21.9. The molecule has 3 rings (SSSR count). The number of urea groups is 1. The van der Waals surface area contributed by atoms with Crippen LogP contribution >= 0.6 is 0 Å². The van der Waals surface area contributed by atoms with Crippen LogP contribution in [0.3, 0.4) is 0 Å². The Labute approximate surface area is 182 Å². The van der Waals surface area contributed by atoms with Crippen LogP contribution in [-0.4, -0.2) is 25.1 Å². The smallest absolute Gasteiger partial charge is 0.319 e. The zero-order chi connectivity index (χ0) is 22.2. The Morgan fingerprint density at radius 1 is 0.935 bits per heavy atom. The molecule has 0 saturated carbocycles. The second-order valence-corrected chi connectivity index (χ2v) is 7.41. The highest BCUT2D eigenvalue weighted by molar-refractivity contribution is 6.04. The number of carbonyl (C=O) groups excluding carboxylic acids is 2. The minimum atomic E-state index is -0.301. The van der Waals surface area contributed by atoms with E-state index in [1.807, 2.05) is 68.4 Å². The molecule has 3 aromatic rings. The molecule has 0 radical (unpaired) electrons. The highest BCUT2D eigenvalue weighted by Gasteiger charge is 2.12. The molecule has 1 atom stereocenters. The van der Waals surface area contributed by atoms with Crippen molar-refractivity contribution >= 4 is 23.3 Å². The molecule has 31 heavy (non-hydrogen) atoms. The standard InChI is InChI=1S/C25H27N3O3/c1-17-12-13-21(27-24(29)20-9-5-4-6-10-20)16-23(17)28-25(30)26-18(2)14-19-8-7-11-22(15-19)31-3/h4-13,15-16,18H,14H2,1-3H3,(H,27,29)(H2,26,28,30). The Morgan fingerprint density at radius 2 is 1.71 bits per heavy atom. The van der Waals surface area contributed by atoms with Crippen molar-refractivity contribution in [3.63, 3.8) is 0 Å². The van der Waals surface area contributed by atoms with E-state index in [1.165, 1.54) is 0 Å². The lowest BCUT2D eigenvalue weighted by molar-refractivity contribution is 0.102. The minimum absolute atomic E-state index is 0.0756. The molecule has 160 valence electrons. The van der Waals surface area contributed by atoms with Crippen LogP contribution in [0.15, 0.2) is 72.8 Å². The average molecular weight is 418 g/mol. The number of nitrogens with one attached hydrogen (secondary N) is 3. The molecule has 1 unspecified atom stereocenters. The van der Waals surface area contributed by atoms with Crippen molar-refractivity contribution in [2.24, 2.45) is 0 Å². The van der Waals surface area contributed by atoms with Crippen molar-refractivity contribution in [3.05, 3.63) is 89.5 Å². The van der Waals surface area contributed by atoms with Gasteiger partial charge in [-0.05, 0) is 67.8 Å². The van der Waals surface area contributed by atoms with Gasteiger partial charge in [-0.1, -0.05) is 36.4 Å². The molecule has 0 bridgehead atoms. The van der Waals surface area contributed by atoms with Gasteiger partial charge in [-0.3, -0.25) is 4.79 Å². The molecule has 0 saturated heterocycles. The maximum Gasteiger partial charge on any atom is 0.319 e. The number of hydrogen-bond acceptors (Lipinski definition) is 3. The molecule has 0 aliphatic heterocycles. The summed E-state index contributed by atoms with van der Waals surface area (Å²) in [4.78, 5) is 24.9. The number of hydrogen-bond donors (Lipinski definition) is 3. The van der Waals surface area contributed by atoms with Gasteiger partial charge in [0.2, 0.25) is 0 Å². The van der Waals surface area contributed by atoms with Crippen LogP contribution < -0.4 is 20.7 Å². The topological polar surface area (TPSA) is 79.5 Å². The number of amides is 3. The summed E-state index contributed by atoms with van der Waals surface area (Å²) in [5, 5.41) is 8.69.